The van der Waals surface area contributed by atoms with E-state index in [1.807, 2.05) is 79.7 Å². The van der Waals surface area contributed by atoms with Gasteiger partial charge in [-0.1, -0.05) is 54.6 Å². The largest absolute Gasteiger partial charge is 0.493 e. The number of rotatable bonds is 15. The summed E-state index contributed by atoms with van der Waals surface area (Å²) in [4.78, 5) is 37.4. The van der Waals surface area contributed by atoms with E-state index in [9.17, 15) is 9.59 Å². The highest BCUT2D eigenvalue weighted by molar-refractivity contribution is 5.99. The standard InChI is InChI=1S/C61H59N5O6/c1-8-64(42-27-29-48(53(35-42)69-11-4)61(57-46(59(68)72-61)24-19-32-62-57)56-40(7)66(10-3)52-26-18-16-23-45(52)56)33-31-39(6)65(9-2)43-28-30-49-55(36-43)70-54-34-38(5)51(63-41-20-13-12-14-21-41)37-50(54)60(49)47-25-17-15-22-44(47)58(67)71-60/h12-30,32,34-37,39,63H,8-11,31,33H2,1-7H3. The maximum Gasteiger partial charge on any atom is 0.341 e. The molecule has 5 heterocycles. The van der Waals surface area contributed by atoms with Gasteiger partial charge in [0.1, 0.15) is 22.9 Å². The average molecular weight is 958 g/mol. The number of nitrogens with one attached hydrogen (secondary N) is 1. The van der Waals surface area contributed by atoms with Gasteiger partial charge in [-0.3, -0.25) is 4.98 Å². The van der Waals surface area contributed by atoms with Gasteiger partial charge in [0.25, 0.3) is 0 Å². The summed E-state index contributed by atoms with van der Waals surface area (Å²) in [7, 11) is 0. The van der Waals surface area contributed by atoms with Crippen LogP contribution in [0.4, 0.5) is 22.7 Å². The number of aryl methyl sites for hydroxylation is 2. The molecule has 0 fully saturated rings. The van der Waals surface area contributed by atoms with Crippen molar-refractivity contribution in [2.24, 2.45) is 0 Å². The minimum atomic E-state index is -1.35. The van der Waals surface area contributed by atoms with E-state index in [0.29, 0.717) is 40.7 Å². The number of esters is 2. The molecule has 2 aromatic heterocycles. The van der Waals surface area contributed by atoms with Crippen molar-refractivity contribution in [3.8, 4) is 17.2 Å². The third-order valence-corrected chi connectivity index (χ3v) is 15.0. The average Bonchev–Trinajstić information content (AvgIpc) is 3.98. The summed E-state index contributed by atoms with van der Waals surface area (Å²) in [5.41, 5.74) is 9.91. The minimum Gasteiger partial charge on any atom is -0.493 e. The van der Waals surface area contributed by atoms with Crippen LogP contribution in [-0.4, -0.2) is 53.8 Å². The van der Waals surface area contributed by atoms with E-state index in [1.165, 1.54) is 0 Å². The molecule has 6 aromatic carbocycles. The van der Waals surface area contributed by atoms with Crippen molar-refractivity contribution < 1.29 is 28.5 Å². The molecule has 0 radical (unpaired) electrons. The third-order valence-electron chi connectivity index (χ3n) is 15.0. The van der Waals surface area contributed by atoms with E-state index < -0.39 is 17.2 Å². The van der Waals surface area contributed by atoms with Crippen LogP contribution in [0.15, 0.2) is 146 Å². The highest BCUT2D eigenvalue weighted by atomic mass is 16.6. The monoisotopic (exact) mass is 957 g/mol. The van der Waals surface area contributed by atoms with Crippen LogP contribution in [0, 0.1) is 13.8 Å². The van der Waals surface area contributed by atoms with Crippen LogP contribution in [0.25, 0.3) is 10.9 Å². The number of pyridine rings is 1. The summed E-state index contributed by atoms with van der Waals surface area (Å²) < 4.78 is 29.0. The molecule has 11 nitrogen and oxygen atoms in total. The van der Waals surface area contributed by atoms with Gasteiger partial charge < -0.3 is 38.6 Å². The van der Waals surface area contributed by atoms with Crippen molar-refractivity contribution in [2.45, 2.75) is 78.7 Å². The summed E-state index contributed by atoms with van der Waals surface area (Å²) in [6.45, 7) is 18.3. The number of hydrogen-bond acceptors (Lipinski definition) is 10. The van der Waals surface area contributed by atoms with Gasteiger partial charge >= 0.3 is 11.9 Å². The predicted molar refractivity (Wildman–Crippen MR) is 284 cm³/mol. The first-order valence-corrected chi connectivity index (χ1v) is 25.2. The number of fused-ring (bicyclic) bond motifs is 8. The molecule has 1 N–H and O–H groups in total. The molecule has 0 amide bonds. The lowest BCUT2D eigenvalue weighted by Gasteiger charge is -2.38. The lowest BCUT2D eigenvalue weighted by molar-refractivity contribution is 0.0219. The number of carbonyl (C=O) groups is 2. The van der Waals surface area contributed by atoms with Gasteiger partial charge in [-0.25, -0.2) is 9.59 Å². The maximum absolute atomic E-state index is 13.9. The Bertz CT molecular complexity index is 3420. The first-order valence-electron chi connectivity index (χ1n) is 25.2. The molecular weight excluding hydrogens is 899 g/mol. The highest BCUT2D eigenvalue weighted by Gasteiger charge is 2.55. The number of nitrogens with zero attached hydrogens (tertiary/aromatic N) is 4. The molecule has 364 valence electrons. The third kappa shape index (κ3) is 7.19. The summed E-state index contributed by atoms with van der Waals surface area (Å²) >= 11 is 0. The zero-order valence-corrected chi connectivity index (χ0v) is 41.9. The first-order chi connectivity index (χ1) is 35.1. The van der Waals surface area contributed by atoms with Gasteiger partial charge in [-0.15, -0.1) is 0 Å². The second-order valence-corrected chi connectivity index (χ2v) is 18.9. The molecule has 0 saturated heterocycles. The van der Waals surface area contributed by atoms with Gasteiger partial charge in [0, 0.05) is 118 Å². The van der Waals surface area contributed by atoms with Crippen molar-refractivity contribution >= 4 is 45.6 Å². The summed E-state index contributed by atoms with van der Waals surface area (Å²) in [5.74, 6) is 1.16. The van der Waals surface area contributed by atoms with Crippen molar-refractivity contribution in [1.82, 2.24) is 9.55 Å². The Hall–Kier alpha value is -8.05. The summed E-state index contributed by atoms with van der Waals surface area (Å²) in [5, 5.41) is 4.58. The molecule has 0 bridgehead atoms. The fourth-order valence-corrected chi connectivity index (χ4v) is 11.7. The van der Waals surface area contributed by atoms with Crippen LogP contribution in [0.2, 0.25) is 0 Å². The highest BCUT2D eigenvalue weighted by Crippen LogP contribution is 2.58. The van der Waals surface area contributed by atoms with Gasteiger partial charge in [-0.05, 0) is 133 Å². The van der Waals surface area contributed by atoms with Crippen LogP contribution in [0.1, 0.15) is 107 Å². The van der Waals surface area contributed by atoms with Crippen LogP contribution in [0.3, 0.4) is 0 Å². The molecular formula is C61H59N5O6. The second-order valence-electron chi connectivity index (χ2n) is 18.9. The quantitative estimate of drug-likeness (QED) is 0.0998. The molecule has 72 heavy (non-hydrogen) atoms. The second kappa shape index (κ2) is 18.3. The summed E-state index contributed by atoms with van der Waals surface area (Å²) in [6, 6.07) is 46.4. The molecule has 8 aromatic rings. The fourth-order valence-electron chi connectivity index (χ4n) is 11.7. The molecule has 3 aliphatic heterocycles. The molecule has 11 heteroatoms. The zero-order chi connectivity index (χ0) is 49.9. The number of ether oxygens (including phenoxy) is 4. The molecule has 1 spiro atoms. The lowest BCUT2D eigenvalue weighted by Crippen LogP contribution is -2.37. The van der Waals surface area contributed by atoms with Crippen molar-refractivity contribution in [2.75, 3.05) is 41.4 Å². The van der Waals surface area contributed by atoms with Gasteiger partial charge in [0.05, 0.1) is 17.7 Å². The van der Waals surface area contributed by atoms with Crippen molar-refractivity contribution in [1.29, 1.82) is 0 Å². The van der Waals surface area contributed by atoms with Crippen LogP contribution in [0.5, 0.6) is 17.2 Å². The number of carbonyl (C=O) groups excluding carboxylic acids is 2. The predicted octanol–water partition coefficient (Wildman–Crippen LogP) is 13.0. The van der Waals surface area contributed by atoms with E-state index in [0.717, 1.165) is 105 Å². The van der Waals surface area contributed by atoms with Gasteiger partial charge in [0.15, 0.2) is 5.60 Å². The van der Waals surface area contributed by atoms with Gasteiger partial charge in [0.2, 0.25) is 5.60 Å². The number of benzene rings is 6. The topological polar surface area (TPSA) is 107 Å². The Morgan fingerprint density at radius 3 is 2.19 bits per heavy atom. The molecule has 3 atom stereocenters. The van der Waals surface area contributed by atoms with E-state index in [2.05, 4.69) is 116 Å². The zero-order valence-electron chi connectivity index (χ0n) is 41.9. The molecule has 3 unspecified atom stereocenters. The van der Waals surface area contributed by atoms with E-state index in [4.69, 9.17) is 23.9 Å². The summed E-state index contributed by atoms with van der Waals surface area (Å²) in [6.07, 6.45) is 2.57. The molecule has 0 saturated carbocycles. The smallest absolute Gasteiger partial charge is 0.341 e. The van der Waals surface area contributed by atoms with Crippen LogP contribution in [-0.2, 0) is 27.2 Å². The lowest BCUT2D eigenvalue weighted by atomic mass is 9.77. The van der Waals surface area contributed by atoms with Gasteiger partial charge in [-0.2, -0.15) is 0 Å². The first kappa shape index (κ1) is 46.3. The minimum absolute atomic E-state index is 0.124. The normalized spacial score (nSPS) is 17.6. The van der Waals surface area contributed by atoms with Crippen molar-refractivity contribution in [3.63, 3.8) is 0 Å². The van der Waals surface area contributed by atoms with Crippen LogP contribution >= 0.6 is 0 Å². The van der Waals surface area contributed by atoms with E-state index in [1.54, 1.807) is 18.3 Å². The Labute approximate surface area is 420 Å². The number of cyclic esters (lactones) is 1. The molecule has 3 aliphatic rings. The molecule has 0 aliphatic carbocycles. The number of anilines is 4. The van der Waals surface area contributed by atoms with E-state index >= 15 is 0 Å². The number of para-hydroxylation sites is 2. The fraction of sp³-hybridized carbons (Fsp3) is 0.262. The maximum atomic E-state index is 13.9. The SMILES string of the molecule is CCOc1cc(N(CC)CCC(C)N(CC)c2ccc3c(c2)Oc2cc(C)c(Nc4ccccc4)cc2C32OC(=O)c3ccccc32)ccc1C1(c2c(C)n(CC)c3ccccc23)OC(=O)c2cccnc21. The Morgan fingerprint density at radius 1 is 0.694 bits per heavy atom. The Balaban J connectivity index is 0.910. The van der Waals surface area contributed by atoms with E-state index in [-0.39, 0.29) is 12.0 Å². The van der Waals surface area contributed by atoms with Crippen molar-refractivity contribution in [3.05, 3.63) is 202 Å². The number of hydrogen-bond donors (Lipinski definition) is 1. The molecule has 11 rings (SSSR count). The van der Waals surface area contributed by atoms with Crippen LogP contribution < -0.4 is 24.6 Å². The number of aromatic nitrogens is 2. The Kier molecular flexibility index (Phi) is 11.8. The Morgan fingerprint density at radius 2 is 1.40 bits per heavy atom.